The number of fused-ring (bicyclic) bond motifs is 1. The maximum absolute atomic E-state index is 3.83. The molecule has 2 aliphatic heterocycles. The predicted octanol–water partition coefficient (Wildman–Crippen LogP) is 4.03. The second-order valence-electron chi connectivity index (χ2n) is 9.53. The number of nitrogens with one attached hydrogen (secondary N) is 2. The summed E-state index contributed by atoms with van der Waals surface area (Å²) in [6.45, 7) is 9.53. The standard InChI is InChI=1S/C27H37N5/c1-30-16-18-31(19-17-30)13-5-12-28-24-10-14-32(15-11-24)25-8-4-7-22(20-25)27-21-23-6-2-3-9-26(23)29-27/h2-4,6-9,20-21,24,28-29H,5,10-19H2,1H3. The SMILES string of the molecule is CN1CCN(CCCNC2CCN(c3cccc(-c4cc5ccccc5[nH]4)c3)CC2)CC1. The van der Waals surface area contributed by atoms with Crippen LogP contribution in [0.2, 0.25) is 0 Å². The monoisotopic (exact) mass is 431 g/mol. The number of rotatable bonds is 7. The van der Waals surface area contributed by atoms with E-state index in [9.17, 15) is 0 Å². The van der Waals surface area contributed by atoms with Crippen molar-refractivity contribution in [2.75, 3.05) is 64.3 Å². The van der Waals surface area contributed by atoms with Crippen LogP contribution in [0.1, 0.15) is 19.3 Å². The highest BCUT2D eigenvalue weighted by molar-refractivity contribution is 5.86. The molecule has 2 N–H and O–H groups in total. The maximum Gasteiger partial charge on any atom is 0.0465 e. The van der Waals surface area contributed by atoms with Gasteiger partial charge in [0.05, 0.1) is 0 Å². The summed E-state index contributed by atoms with van der Waals surface area (Å²) in [6, 6.07) is 20.4. The van der Waals surface area contributed by atoms with Gasteiger partial charge in [0.25, 0.3) is 0 Å². The third kappa shape index (κ3) is 5.17. The number of piperazine rings is 1. The molecule has 3 aromatic rings. The molecule has 2 fully saturated rings. The van der Waals surface area contributed by atoms with Gasteiger partial charge in [-0.1, -0.05) is 30.3 Å². The molecule has 0 amide bonds. The van der Waals surface area contributed by atoms with Crippen LogP contribution in [0, 0.1) is 0 Å². The minimum Gasteiger partial charge on any atom is -0.371 e. The van der Waals surface area contributed by atoms with Crippen LogP contribution in [0.15, 0.2) is 54.6 Å². The molecule has 32 heavy (non-hydrogen) atoms. The smallest absolute Gasteiger partial charge is 0.0465 e. The lowest BCUT2D eigenvalue weighted by Crippen LogP contribution is -2.46. The summed E-state index contributed by atoms with van der Waals surface area (Å²) in [7, 11) is 2.23. The highest BCUT2D eigenvalue weighted by Crippen LogP contribution is 2.28. The summed E-state index contributed by atoms with van der Waals surface area (Å²) in [5.41, 5.74) is 5.01. The number of anilines is 1. The number of likely N-dealkylation sites (N-methyl/N-ethyl adjacent to an activating group) is 1. The number of H-pyrrole nitrogens is 1. The third-order valence-corrected chi connectivity index (χ3v) is 7.23. The van der Waals surface area contributed by atoms with Crippen molar-refractivity contribution in [1.82, 2.24) is 20.1 Å². The first-order chi connectivity index (χ1) is 15.7. The van der Waals surface area contributed by atoms with Crippen molar-refractivity contribution in [2.24, 2.45) is 0 Å². The van der Waals surface area contributed by atoms with Crippen LogP contribution in [0.4, 0.5) is 5.69 Å². The van der Waals surface area contributed by atoms with Crippen molar-refractivity contribution in [3.63, 3.8) is 0 Å². The number of piperidine rings is 1. The molecule has 3 heterocycles. The van der Waals surface area contributed by atoms with Gasteiger partial charge in [0.15, 0.2) is 0 Å². The van der Waals surface area contributed by atoms with E-state index in [1.807, 2.05) is 0 Å². The topological polar surface area (TPSA) is 37.5 Å². The molecule has 170 valence electrons. The Morgan fingerprint density at radius 1 is 0.906 bits per heavy atom. The Kier molecular flexibility index (Phi) is 6.77. The van der Waals surface area contributed by atoms with E-state index in [2.05, 4.69) is 86.6 Å². The average molecular weight is 432 g/mol. The van der Waals surface area contributed by atoms with Gasteiger partial charge in [-0.3, -0.25) is 0 Å². The molecule has 5 heteroatoms. The molecule has 0 spiro atoms. The number of benzene rings is 2. The number of aromatic amines is 1. The molecule has 5 nitrogen and oxygen atoms in total. The third-order valence-electron chi connectivity index (χ3n) is 7.23. The number of hydrogen-bond acceptors (Lipinski definition) is 4. The van der Waals surface area contributed by atoms with Gasteiger partial charge >= 0.3 is 0 Å². The average Bonchev–Trinajstić information content (AvgIpc) is 3.28. The molecule has 2 aromatic carbocycles. The molecule has 0 saturated carbocycles. The van der Waals surface area contributed by atoms with Crippen LogP contribution >= 0.6 is 0 Å². The molecule has 2 aliphatic rings. The van der Waals surface area contributed by atoms with Gasteiger partial charge in [0.2, 0.25) is 0 Å². The van der Waals surface area contributed by atoms with Crippen molar-refractivity contribution in [2.45, 2.75) is 25.3 Å². The van der Waals surface area contributed by atoms with Crippen LogP contribution in [0.25, 0.3) is 22.2 Å². The fourth-order valence-corrected chi connectivity index (χ4v) is 5.12. The highest BCUT2D eigenvalue weighted by atomic mass is 15.2. The number of para-hydroxylation sites is 1. The molecule has 1 aromatic heterocycles. The Labute approximate surface area is 192 Å². The fourth-order valence-electron chi connectivity index (χ4n) is 5.12. The van der Waals surface area contributed by atoms with Gasteiger partial charge in [-0.2, -0.15) is 0 Å². The first-order valence-electron chi connectivity index (χ1n) is 12.3. The van der Waals surface area contributed by atoms with E-state index in [1.54, 1.807) is 0 Å². The second kappa shape index (κ2) is 10.1. The molecule has 0 unspecified atom stereocenters. The molecule has 0 aliphatic carbocycles. The first-order valence-corrected chi connectivity index (χ1v) is 12.3. The summed E-state index contributed by atoms with van der Waals surface area (Å²) in [6.07, 6.45) is 3.72. The molecular weight excluding hydrogens is 394 g/mol. The lowest BCUT2D eigenvalue weighted by atomic mass is 10.0. The molecule has 0 bridgehead atoms. The van der Waals surface area contributed by atoms with Crippen molar-refractivity contribution in [3.8, 4) is 11.3 Å². The van der Waals surface area contributed by atoms with Crippen LogP contribution < -0.4 is 10.2 Å². The van der Waals surface area contributed by atoms with E-state index in [4.69, 9.17) is 0 Å². The zero-order chi connectivity index (χ0) is 21.8. The van der Waals surface area contributed by atoms with Gasteiger partial charge in [0, 0.05) is 67.6 Å². The normalized spacial score (nSPS) is 19.1. The fraction of sp³-hybridized carbons (Fsp3) is 0.481. The Bertz CT molecular complexity index is 963. The molecular formula is C27H37N5. The van der Waals surface area contributed by atoms with Crippen molar-refractivity contribution >= 4 is 16.6 Å². The Morgan fingerprint density at radius 3 is 2.53 bits per heavy atom. The Morgan fingerprint density at radius 2 is 1.72 bits per heavy atom. The predicted molar refractivity (Wildman–Crippen MR) is 136 cm³/mol. The molecule has 0 atom stereocenters. The van der Waals surface area contributed by atoms with Crippen LogP contribution in [0.3, 0.4) is 0 Å². The summed E-state index contributed by atoms with van der Waals surface area (Å²) in [5.74, 6) is 0. The van der Waals surface area contributed by atoms with E-state index < -0.39 is 0 Å². The molecule has 0 radical (unpaired) electrons. The van der Waals surface area contributed by atoms with E-state index in [-0.39, 0.29) is 0 Å². The lowest BCUT2D eigenvalue weighted by Gasteiger charge is -2.35. The zero-order valence-corrected chi connectivity index (χ0v) is 19.4. The number of hydrogen-bond donors (Lipinski definition) is 2. The van der Waals surface area contributed by atoms with Crippen molar-refractivity contribution in [3.05, 3.63) is 54.6 Å². The quantitative estimate of drug-likeness (QED) is 0.554. The van der Waals surface area contributed by atoms with Crippen molar-refractivity contribution in [1.29, 1.82) is 0 Å². The molecule has 2 saturated heterocycles. The zero-order valence-electron chi connectivity index (χ0n) is 19.4. The first kappa shape index (κ1) is 21.5. The minimum absolute atomic E-state index is 0.663. The van der Waals surface area contributed by atoms with E-state index in [0.29, 0.717) is 6.04 Å². The van der Waals surface area contributed by atoms with Gasteiger partial charge in [-0.05, 0) is 69.2 Å². The summed E-state index contributed by atoms with van der Waals surface area (Å²) in [4.78, 5) is 11.2. The van der Waals surface area contributed by atoms with Gasteiger partial charge in [-0.15, -0.1) is 0 Å². The second-order valence-corrected chi connectivity index (χ2v) is 9.53. The van der Waals surface area contributed by atoms with Crippen LogP contribution in [0.5, 0.6) is 0 Å². The van der Waals surface area contributed by atoms with Gasteiger partial charge in [-0.25, -0.2) is 0 Å². The largest absolute Gasteiger partial charge is 0.371 e. The summed E-state index contributed by atoms with van der Waals surface area (Å²) >= 11 is 0. The number of nitrogens with zero attached hydrogens (tertiary/aromatic N) is 3. The Hall–Kier alpha value is -2.34. The minimum atomic E-state index is 0.663. The lowest BCUT2D eigenvalue weighted by molar-refractivity contribution is 0.152. The maximum atomic E-state index is 3.83. The van der Waals surface area contributed by atoms with Crippen LogP contribution in [-0.4, -0.2) is 80.2 Å². The summed E-state index contributed by atoms with van der Waals surface area (Å²) < 4.78 is 0. The van der Waals surface area contributed by atoms with E-state index in [1.165, 1.54) is 79.8 Å². The number of aromatic nitrogens is 1. The van der Waals surface area contributed by atoms with Crippen molar-refractivity contribution < 1.29 is 0 Å². The van der Waals surface area contributed by atoms with E-state index >= 15 is 0 Å². The summed E-state index contributed by atoms with van der Waals surface area (Å²) in [5, 5.41) is 5.10. The van der Waals surface area contributed by atoms with Crippen LogP contribution in [-0.2, 0) is 0 Å². The van der Waals surface area contributed by atoms with Gasteiger partial charge < -0.3 is 25.0 Å². The van der Waals surface area contributed by atoms with Gasteiger partial charge in [0.1, 0.15) is 0 Å². The highest BCUT2D eigenvalue weighted by Gasteiger charge is 2.20. The Balaban J connectivity index is 1.09. The van der Waals surface area contributed by atoms with E-state index in [0.717, 1.165) is 19.6 Å². The molecule has 5 rings (SSSR count).